The van der Waals surface area contributed by atoms with Crippen LogP contribution in [0.5, 0.6) is 0 Å². The number of hydrogen-bond acceptors (Lipinski definition) is 4. The molecule has 32 heavy (non-hydrogen) atoms. The van der Waals surface area contributed by atoms with E-state index in [1.54, 1.807) is 13.0 Å². The highest BCUT2D eigenvalue weighted by Crippen LogP contribution is 2.40. The van der Waals surface area contributed by atoms with Crippen molar-refractivity contribution in [1.29, 1.82) is 0 Å². The fourth-order valence-electron chi connectivity index (χ4n) is 4.03. The Bertz CT molecular complexity index is 1370. The molecule has 1 aliphatic heterocycles. The Morgan fingerprint density at radius 3 is 2.41 bits per heavy atom. The van der Waals surface area contributed by atoms with Gasteiger partial charge in [-0.1, -0.05) is 78.3 Å². The largest absolute Gasteiger partial charge is 0.443 e. The fraction of sp³-hybridized carbons (Fsp3) is 0.115. The summed E-state index contributed by atoms with van der Waals surface area (Å²) in [5, 5.41) is 7.34. The molecule has 0 fully saturated rings. The van der Waals surface area contributed by atoms with Crippen LogP contribution in [0.4, 0.5) is 0 Å². The molecule has 4 aromatic rings. The third-order valence-corrected chi connectivity index (χ3v) is 5.91. The molecule has 0 saturated carbocycles. The van der Waals surface area contributed by atoms with Gasteiger partial charge in [-0.05, 0) is 18.2 Å². The predicted octanol–water partition coefficient (Wildman–Crippen LogP) is 5.97. The van der Waals surface area contributed by atoms with Gasteiger partial charge in [-0.15, -0.1) is 5.10 Å². The van der Waals surface area contributed by atoms with Crippen molar-refractivity contribution in [3.05, 3.63) is 101 Å². The minimum Gasteiger partial charge on any atom is -0.443 e. The minimum absolute atomic E-state index is 0.246. The van der Waals surface area contributed by atoms with Gasteiger partial charge in [0.05, 0.1) is 11.2 Å². The van der Waals surface area contributed by atoms with Gasteiger partial charge in [-0.3, -0.25) is 4.79 Å². The van der Waals surface area contributed by atoms with E-state index in [4.69, 9.17) is 21.3 Å². The summed E-state index contributed by atoms with van der Waals surface area (Å²) >= 11 is 6.48. The summed E-state index contributed by atoms with van der Waals surface area (Å²) in [6.45, 7) is 3.26. The van der Waals surface area contributed by atoms with Gasteiger partial charge in [0, 0.05) is 40.9 Å². The third-order valence-electron chi connectivity index (χ3n) is 5.58. The Hall–Kier alpha value is -3.70. The lowest BCUT2D eigenvalue weighted by molar-refractivity contribution is -0.146. The lowest BCUT2D eigenvalue weighted by atomic mass is 10.0. The Morgan fingerprint density at radius 1 is 0.969 bits per heavy atom. The number of rotatable bonds is 3. The number of nitrogens with zero attached hydrogens (tertiary/aromatic N) is 3. The van der Waals surface area contributed by atoms with Crippen molar-refractivity contribution in [3.63, 3.8) is 0 Å². The molecule has 6 heteroatoms. The molecule has 0 aliphatic carbocycles. The van der Waals surface area contributed by atoms with Gasteiger partial charge in [0.25, 0.3) is 0 Å². The van der Waals surface area contributed by atoms with Crippen LogP contribution in [0, 0.1) is 0 Å². The lowest BCUT2D eigenvalue weighted by Crippen LogP contribution is -2.41. The summed E-state index contributed by atoms with van der Waals surface area (Å²) in [4.78, 5) is 17.4. The molecule has 1 aromatic heterocycles. The molecule has 2 heterocycles. The molecule has 0 radical (unpaired) electrons. The number of para-hydroxylation sites is 1. The molecule has 0 N–H and O–H groups in total. The number of carbonyl (C=O) groups excluding carboxylic acids is 1. The molecule has 0 bridgehead atoms. The smallest absolute Gasteiger partial charge is 0.243 e. The van der Waals surface area contributed by atoms with Gasteiger partial charge in [-0.25, -0.2) is 4.98 Å². The first-order valence-electron chi connectivity index (χ1n) is 10.3. The number of carbonyl (C=O) groups is 1. The van der Waals surface area contributed by atoms with Crippen molar-refractivity contribution < 1.29 is 9.53 Å². The standard InChI is InChI=1S/C26H20ClN3O2/c1-17(31)30-26(2,21-13-7-8-14-22(21)27)32-25(29-30)20-16-24(18-10-4-3-5-11-18)28-23-15-9-6-12-19(20)23/h3-16H,1-2H3/t26-/m1/s1. The second-order valence-corrected chi connectivity index (χ2v) is 8.15. The molecule has 1 amide bonds. The van der Waals surface area contributed by atoms with Crippen molar-refractivity contribution in [2.75, 3.05) is 0 Å². The number of halogens is 1. The van der Waals surface area contributed by atoms with Gasteiger partial charge in [0.1, 0.15) is 0 Å². The van der Waals surface area contributed by atoms with Crippen LogP contribution < -0.4 is 0 Å². The van der Waals surface area contributed by atoms with Crippen LogP contribution >= 0.6 is 11.6 Å². The molecule has 0 unspecified atom stereocenters. The van der Waals surface area contributed by atoms with Crippen LogP contribution in [-0.2, 0) is 15.3 Å². The van der Waals surface area contributed by atoms with Crippen LogP contribution in [-0.4, -0.2) is 21.8 Å². The van der Waals surface area contributed by atoms with E-state index in [2.05, 4.69) is 5.10 Å². The van der Waals surface area contributed by atoms with E-state index in [-0.39, 0.29) is 5.91 Å². The number of hydrogen-bond donors (Lipinski definition) is 0. The Labute approximate surface area is 190 Å². The van der Waals surface area contributed by atoms with Crippen molar-refractivity contribution in [3.8, 4) is 11.3 Å². The summed E-state index contributed by atoms with van der Waals surface area (Å²) in [7, 11) is 0. The maximum absolute atomic E-state index is 12.6. The number of benzene rings is 3. The molecule has 3 aromatic carbocycles. The Balaban J connectivity index is 1.69. The average Bonchev–Trinajstić information content (AvgIpc) is 3.17. The molecule has 0 spiro atoms. The average molecular weight is 442 g/mol. The van der Waals surface area contributed by atoms with Crippen LogP contribution in [0.3, 0.4) is 0 Å². The van der Waals surface area contributed by atoms with Crippen molar-refractivity contribution in [1.82, 2.24) is 9.99 Å². The predicted molar refractivity (Wildman–Crippen MR) is 126 cm³/mol. The SMILES string of the molecule is CC(=O)N1N=C(c2cc(-c3ccccc3)nc3ccccc23)O[C@]1(C)c1ccccc1Cl. The molecule has 5 rings (SSSR count). The van der Waals surface area contributed by atoms with Gasteiger partial charge < -0.3 is 4.74 Å². The van der Waals surface area contributed by atoms with Gasteiger partial charge in [-0.2, -0.15) is 5.01 Å². The molecule has 158 valence electrons. The first-order valence-corrected chi connectivity index (χ1v) is 10.6. The van der Waals surface area contributed by atoms with E-state index >= 15 is 0 Å². The summed E-state index contributed by atoms with van der Waals surface area (Å²) in [6.07, 6.45) is 0. The molecule has 1 aliphatic rings. The van der Waals surface area contributed by atoms with Crippen LogP contribution in [0.1, 0.15) is 25.0 Å². The van der Waals surface area contributed by atoms with E-state index in [1.807, 2.05) is 78.9 Å². The molecule has 1 atom stereocenters. The number of fused-ring (bicyclic) bond motifs is 1. The summed E-state index contributed by atoms with van der Waals surface area (Å²) in [6, 6.07) is 27.0. The summed E-state index contributed by atoms with van der Waals surface area (Å²) in [5.74, 6) is 0.0995. The zero-order chi connectivity index (χ0) is 22.3. The highest BCUT2D eigenvalue weighted by atomic mass is 35.5. The van der Waals surface area contributed by atoms with E-state index in [0.29, 0.717) is 16.5 Å². The molecule has 5 nitrogen and oxygen atoms in total. The van der Waals surface area contributed by atoms with Gasteiger partial charge in [0.2, 0.25) is 17.5 Å². The van der Waals surface area contributed by atoms with Crippen molar-refractivity contribution in [2.24, 2.45) is 5.10 Å². The minimum atomic E-state index is -1.17. The van der Waals surface area contributed by atoms with E-state index in [9.17, 15) is 4.79 Å². The maximum Gasteiger partial charge on any atom is 0.243 e. The molecular formula is C26H20ClN3O2. The fourth-order valence-corrected chi connectivity index (χ4v) is 4.34. The zero-order valence-corrected chi connectivity index (χ0v) is 18.4. The van der Waals surface area contributed by atoms with Gasteiger partial charge in [0.15, 0.2) is 0 Å². The lowest BCUT2D eigenvalue weighted by Gasteiger charge is -2.31. The van der Waals surface area contributed by atoms with Crippen LogP contribution in [0.2, 0.25) is 5.02 Å². The molecule has 0 saturated heterocycles. The van der Waals surface area contributed by atoms with Crippen molar-refractivity contribution >= 4 is 34.3 Å². The number of amides is 1. The maximum atomic E-state index is 12.6. The normalized spacial score (nSPS) is 17.8. The number of hydrazone groups is 1. The second-order valence-electron chi connectivity index (χ2n) is 7.74. The Morgan fingerprint density at radius 2 is 1.66 bits per heavy atom. The number of aromatic nitrogens is 1. The van der Waals surface area contributed by atoms with Crippen LogP contribution in [0.15, 0.2) is 90.0 Å². The first-order chi connectivity index (χ1) is 15.5. The number of ether oxygens (including phenoxy) is 1. The van der Waals surface area contributed by atoms with E-state index < -0.39 is 5.72 Å². The first kappa shape index (κ1) is 20.2. The highest BCUT2D eigenvalue weighted by molar-refractivity contribution is 6.31. The van der Waals surface area contributed by atoms with Crippen LogP contribution in [0.25, 0.3) is 22.2 Å². The molecular weight excluding hydrogens is 422 g/mol. The third kappa shape index (κ3) is 3.31. The van der Waals surface area contributed by atoms with E-state index in [1.165, 1.54) is 11.9 Å². The zero-order valence-electron chi connectivity index (χ0n) is 17.6. The summed E-state index contributed by atoms with van der Waals surface area (Å²) < 4.78 is 6.42. The number of pyridine rings is 1. The Kier molecular flexibility index (Phi) is 4.91. The van der Waals surface area contributed by atoms with Gasteiger partial charge >= 0.3 is 0 Å². The monoisotopic (exact) mass is 441 g/mol. The summed E-state index contributed by atoms with van der Waals surface area (Å²) in [5.41, 5.74) is 2.85. The topological polar surface area (TPSA) is 54.8 Å². The van der Waals surface area contributed by atoms with E-state index in [0.717, 1.165) is 27.7 Å². The van der Waals surface area contributed by atoms with Crippen molar-refractivity contribution in [2.45, 2.75) is 19.6 Å². The quantitative estimate of drug-likeness (QED) is 0.393. The second kappa shape index (κ2) is 7.77. The highest BCUT2D eigenvalue weighted by Gasteiger charge is 2.46.